The Labute approximate surface area is 110 Å². The molecule has 1 aliphatic rings. The lowest BCUT2D eigenvalue weighted by Gasteiger charge is -2.37. The lowest BCUT2D eigenvalue weighted by molar-refractivity contribution is -0.0473. The van der Waals surface area contributed by atoms with E-state index >= 15 is 0 Å². The first kappa shape index (κ1) is 13.6. The molecule has 1 N–H and O–H groups in total. The molecule has 1 fully saturated rings. The molecule has 18 heavy (non-hydrogen) atoms. The number of aromatic nitrogens is 2. The van der Waals surface area contributed by atoms with Crippen LogP contribution in [-0.2, 0) is 11.3 Å². The summed E-state index contributed by atoms with van der Waals surface area (Å²) in [6.45, 7) is 7.49. The minimum absolute atomic E-state index is 0.0197. The fraction of sp³-hybridized carbons (Fsp3) is 0.786. The van der Waals surface area contributed by atoms with Gasteiger partial charge in [0.05, 0.1) is 18.5 Å². The number of nitrogens with zero attached hydrogens (tertiary/aromatic N) is 2. The van der Waals surface area contributed by atoms with E-state index in [2.05, 4.69) is 28.7 Å². The fourth-order valence-electron chi connectivity index (χ4n) is 2.70. The van der Waals surface area contributed by atoms with Gasteiger partial charge >= 0.3 is 0 Å². The Hall–Kier alpha value is -0.870. The lowest BCUT2D eigenvalue weighted by atomic mass is 9.91. The van der Waals surface area contributed by atoms with Crippen LogP contribution in [0.5, 0.6) is 0 Å². The molecule has 0 radical (unpaired) electrons. The van der Waals surface area contributed by atoms with Crippen molar-refractivity contribution < 1.29 is 4.74 Å². The lowest BCUT2D eigenvalue weighted by Crippen LogP contribution is -2.46. The summed E-state index contributed by atoms with van der Waals surface area (Å²) in [6.07, 6.45) is 7.24. The number of hydrogen-bond acceptors (Lipinski definition) is 3. The summed E-state index contributed by atoms with van der Waals surface area (Å²) in [6, 6.07) is 0. The highest BCUT2D eigenvalue weighted by atomic mass is 16.5. The van der Waals surface area contributed by atoms with Crippen LogP contribution in [-0.4, -0.2) is 35.4 Å². The Morgan fingerprint density at radius 3 is 2.83 bits per heavy atom. The van der Waals surface area contributed by atoms with Crippen molar-refractivity contribution in [2.24, 2.45) is 0 Å². The number of piperidine rings is 1. The van der Waals surface area contributed by atoms with Crippen LogP contribution in [0.3, 0.4) is 0 Å². The maximum Gasteiger partial charge on any atom is 0.0949 e. The molecule has 0 amide bonds. The van der Waals surface area contributed by atoms with Crippen LogP contribution in [0.1, 0.15) is 44.7 Å². The van der Waals surface area contributed by atoms with E-state index < -0.39 is 0 Å². The largest absolute Gasteiger partial charge is 0.376 e. The Morgan fingerprint density at radius 2 is 2.22 bits per heavy atom. The number of nitrogens with one attached hydrogen (secondary N) is 1. The van der Waals surface area contributed by atoms with E-state index in [1.54, 1.807) is 0 Å². The first-order valence-electron chi connectivity index (χ1n) is 6.96. The highest BCUT2D eigenvalue weighted by Crippen LogP contribution is 2.27. The third-order valence-corrected chi connectivity index (χ3v) is 4.27. The van der Waals surface area contributed by atoms with Gasteiger partial charge < -0.3 is 14.6 Å². The molecule has 1 aliphatic heterocycles. The molecule has 1 saturated heterocycles. The minimum Gasteiger partial charge on any atom is -0.376 e. The van der Waals surface area contributed by atoms with E-state index in [0.29, 0.717) is 5.92 Å². The summed E-state index contributed by atoms with van der Waals surface area (Å²) in [5.41, 5.74) is 1.31. The third kappa shape index (κ3) is 2.75. The van der Waals surface area contributed by atoms with Gasteiger partial charge in [-0.3, -0.25) is 0 Å². The molecule has 0 bridgehead atoms. The fourth-order valence-corrected chi connectivity index (χ4v) is 2.70. The first-order chi connectivity index (χ1) is 8.71. The van der Waals surface area contributed by atoms with Gasteiger partial charge in [-0.05, 0) is 38.3 Å². The number of hydrogen-bond donors (Lipinski definition) is 1. The summed E-state index contributed by atoms with van der Waals surface area (Å²) >= 11 is 0. The number of methoxy groups -OCH3 is 1. The molecule has 4 nitrogen and oxygen atoms in total. The molecule has 2 rings (SSSR count). The predicted molar refractivity (Wildman–Crippen MR) is 72.8 cm³/mol. The molecular formula is C14H25N3O. The second-order valence-corrected chi connectivity index (χ2v) is 5.39. The van der Waals surface area contributed by atoms with Crippen LogP contribution in [0.4, 0.5) is 0 Å². The molecule has 102 valence electrons. The van der Waals surface area contributed by atoms with Gasteiger partial charge in [-0.2, -0.15) is 0 Å². The number of ether oxygens (including phenoxy) is 1. The SMILES string of the molecule is CCC(C)c1cncn1CC1(OC)CCNCC1. The molecule has 1 aromatic rings. The second-order valence-electron chi connectivity index (χ2n) is 5.39. The monoisotopic (exact) mass is 251 g/mol. The molecule has 1 aromatic heterocycles. The Bertz CT molecular complexity index is 369. The van der Waals surface area contributed by atoms with Crippen LogP contribution in [0.2, 0.25) is 0 Å². The van der Waals surface area contributed by atoms with Crippen LogP contribution in [0, 0.1) is 0 Å². The van der Waals surface area contributed by atoms with E-state index in [9.17, 15) is 0 Å². The van der Waals surface area contributed by atoms with Crippen LogP contribution < -0.4 is 5.32 Å². The summed E-state index contributed by atoms with van der Waals surface area (Å²) in [5.74, 6) is 0.558. The minimum atomic E-state index is -0.0197. The zero-order valence-electron chi connectivity index (χ0n) is 11.8. The summed E-state index contributed by atoms with van der Waals surface area (Å²) in [4.78, 5) is 4.31. The summed E-state index contributed by atoms with van der Waals surface area (Å²) in [7, 11) is 1.84. The van der Waals surface area contributed by atoms with Gasteiger partial charge in [0.25, 0.3) is 0 Å². The molecule has 0 aliphatic carbocycles. The van der Waals surface area contributed by atoms with Crippen LogP contribution in [0.25, 0.3) is 0 Å². The van der Waals surface area contributed by atoms with Gasteiger partial charge in [0.1, 0.15) is 0 Å². The van der Waals surface area contributed by atoms with Gasteiger partial charge in [0.2, 0.25) is 0 Å². The van der Waals surface area contributed by atoms with Crippen molar-refractivity contribution in [3.05, 3.63) is 18.2 Å². The van der Waals surface area contributed by atoms with Gasteiger partial charge in [-0.15, -0.1) is 0 Å². The van der Waals surface area contributed by atoms with Gasteiger partial charge in [0.15, 0.2) is 0 Å². The highest BCUT2D eigenvalue weighted by Gasteiger charge is 2.32. The molecule has 0 aromatic carbocycles. The van der Waals surface area contributed by atoms with E-state index in [1.165, 1.54) is 5.69 Å². The topological polar surface area (TPSA) is 39.1 Å². The van der Waals surface area contributed by atoms with Crippen molar-refractivity contribution in [2.75, 3.05) is 20.2 Å². The van der Waals surface area contributed by atoms with Gasteiger partial charge in [-0.1, -0.05) is 13.8 Å². The Kier molecular flexibility index (Phi) is 4.40. The van der Waals surface area contributed by atoms with Crippen LogP contribution >= 0.6 is 0 Å². The zero-order valence-corrected chi connectivity index (χ0v) is 11.8. The highest BCUT2D eigenvalue weighted by molar-refractivity contribution is 5.06. The molecule has 2 heterocycles. The smallest absolute Gasteiger partial charge is 0.0949 e. The third-order valence-electron chi connectivity index (χ3n) is 4.27. The van der Waals surface area contributed by atoms with Crippen molar-refractivity contribution in [2.45, 2.75) is 51.2 Å². The summed E-state index contributed by atoms with van der Waals surface area (Å²) in [5, 5.41) is 3.40. The van der Waals surface area contributed by atoms with E-state index in [4.69, 9.17) is 4.74 Å². The van der Waals surface area contributed by atoms with E-state index in [1.807, 2.05) is 19.6 Å². The normalized spacial score (nSPS) is 20.8. The maximum atomic E-state index is 5.83. The average molecular weight is 251 g/mol. The zero-order chi connectivity index (χ0) is 13.0. The quantitative estimate of drug-likeness (QED) is 0.871. The first-order valence-corrected chi connectivity index (χ1v) is 6.96. The Morgan fingerprint density at radius 1 is 1.50 bits per heavy atom. The van der Waals surface area contributed by atoms with Crippen molar-refractivity contribution in [1.29, 1.82) is 0 Å². The molecule has 1 atom stereocenters. The van der Waals surface area contributed by atoms with Crippen LogP contribution in [0.15, 0.2) is 12.5 Å². The Balaban J connectivity index is 2.14. The van der Waals surface area contributed by atoms with Gasteiger partial charge in [-0.25, -0.2) is 4.98 Å². The van der Waals surface area contributed by atoms with Crippen molar-refractivity contribution in [3.63, 3.8) is 0 Å². The molecule has 1 unspecified atom stereocenters. The standard InChI is InChI=1S/C14H25N3O/c1-4-12(2)13-9-16-11-17(13)10-14(18-3)5-7-15-8-6-14/h9,11-12,15H,4-8,10H2,1-3H3. The van der Waals surface area contributed by atoms with E-state index in [-0.39, 0.29) is 5.60 Å². The molecule has 4 heteroatoms. The molecular weight excluding hydrogens is 226 g/mol. The van der Waals surface area contributed by atoms with E-state index in [0.717, 1.165) is 38.9 Å². The molecule has 0 saturated carbocycles. The summed E-state index contributed by atoms with van der Waals surface area (Å²) < 4.78 is 8.11. The van der Waals surface area contributed by atoms with Gasteiger partial charge in [0, 0.05) is 19.0 Å². The second kappa shape index (κ2) is 5.85. The predicted octanol–water partition coefficient (Wildman–Crippen LogP) is 2.17. The van der Waals surface area contributed by atoms with Crippen molar-refractivity contribution in [1.82, 2.24) is 14.9 Å². The average Bonchev–Trinajstić information content (AvgIpc) is 2.87. The molecule has 0 spiro atoms. The maximum absolute atomic E-state index is 5.83. The number of imidazole rings is 1. The van der Waals surface area contributed by atoms with Crippen molar-refractivity contribution >= 4 is 0 Å². The van der Waals surface area contributed by atoms with Crippen molar-refractivity contribution in [3.8, 4) is 0 Å². The number of rotatable bonds is 5.